The number of para-hydroxylation sites is 2. The number of rotatable bonds is 4. The molecule has 0 fully saturated rings. The third-order valence-corrected chi connectivity index (χ3v) is 5.04. The van der Waals surface area contributed by atoms with Gasteiger partial charge in [-0.05, 0) is 38.1 Å². The number of nitrogens with zero attached hydrogens (tertiary/aromatic N) is 1. The molecule has 144 valence electrons. The molecule has 0 spiro atoms. The Hall–Kier alpha value is -3.66. The molecule has 0 aliphatic heterocycles. The molecule has 0 atom stereocenters. The molecule has 4 nitrogen and oxygen atoms in total. The number of amides is 1. The lowest BCUT2D eigenvalue weighted by atomic mass is 10.0. The van der Waals surface area contributed by atoms with Crippen molar-refractivity contribution in [1.82, 2.24) is 0 Å². The first-order valence-corrected chi connectivity index (χ1v) is 9.60. The van der Waals surface area contributed by atoms with Crippen LogP contribution in [0.15, 0.2) is 88.1 Å². The average molecular weight is 383 g/mol. The van der Waals surface area contributed by atoms with Crippen LogP contribution in [-0.2, 0) is 0 Å². The van der Waals surface area contributed by atoms with Crippen molar-refractivity contribution in [3.05, 3.63) is 100 Å². The lowest BCUT2D eigenvalue weighted by molar-refractivity contribution is 0.0989. The van der Waals surface area contributed by atoms with Gasteiger partial charge in [-0.3, -0.25) is 9.59 Å². The van der Waals surface area contributed by atoms with Crippen LogP contribution in [0.1, 0.15) is 22.8 Å². The molecule has 0 radical (unpaired) electrons. The van der Waals surface area contributed by atoms with Gasteiger partial charge in [0, 0.05) is 23.4 Å². The van der Waals surface area contributed by atoms with Crippen molar-refractivity contribution < 1.29 is 9.21 Å². The normalized spacial score (nSPS) is 10.8. The van der Waals surface area contributed by atoms with Gasteiger partial charge in [-0.2, -0.15) is 0 Å². The second-order valence-corrected chi connectivity index (χ2v) is 6.82. The zero-order chi connectivity index (χ0) is 20.4. The number of benzene rings is 3. The molecule has 0 aliphatic rings. The molecule has 0 bridgehead atoms. The Labute approximate surface area is 169 Å². The van der Waals surface area contributed by atoms with Crippen LogP contribution < -0.4 is 10.3 Å². The summed E-state index contributed by atoms with van der Waals surface area (Å²) in [5.41, 5.74) is 2.71. The monoisotopic (exact) mass is 383 g/mol. The Morgan fingerprint density at radius 2 is 1.55 bits per heavy atom. The van der Waals surface area contributed by atoms with Gasteiger partial charge in [-0.25, -0.2) is 0 Å². The van der Waals surface area contributed by atoms with Crippen molar-refractivity contribution in [2.45, 2.75) is 13.8 Å². The number of carbonyl (C=O) groups excluding carboxylic acids is 1. The summed E-state index contributed by atoms with van der Waals surface area (Å²) in [5.74, 6) is 0.293. The molecule has 1 heterocycles. The van der Waals surface area contributed by atoms with Crippen LogP contribution in [0.25, 0.3) is 22.3 Å². The summed E-state index contributed by atoms with van der Waals surface area (Å²) in [7, 11) is 0. The zero-order valence-corrected chi connectivity index (χ0v) is 16.4. The zero-order valence-electron chi connectivity index (χ0n) is 16.4. The van der Waals surface area contributed by atoms with E-state index in [-0.39, 0.29) is 11.3 Å². The van der Waals surface area contributed by atoms with E-state index in [1.54, 1.807) is 30.0 Å². The van der Waals surface area contributed by atoms with Crippen LogP contribution in [-0.4, -0.2) is 12.5 Å². The molecule has 0 unspecified atom stereocenters. The van der Waals surface area contributed by atoms with Gasteiger partial charge in [0.15, 0.2) is 11.0 Å². The van der Waals surface area contributed by atoms with Crippen LogP contribution in [0.2, 0.25) is 0 Å². The van der Waals surface area contributed by atoms with Crippen molar-refractivity contribution in [3.63, 3.8) is 0 Å². The van der Waals surface area contributed by atoms with Gasteiger partial charge in [-0.15, -0.1) is 0 Å². The van der Waals surface area contributed by atoms with Gasteiger partial charge in [0.05, 0.1) is 10.9 Å². The molecular formula is C25H21NO3. The smallest absolute Gasteiger partial charge is 0.262 e. The Morgan fingerprint density at radius 3 is 2.21 bits per heavy atom. The predicted octanol–water partition coefficient (Wildman–Crippen LogP) is 5.44. The molecule has 29 heavy (non-hydrogen) atoms. The van der Waals surface area contributed by atoms with E-state index < -0.39 is 0 Å². The summed E-state index contributed by atoms with van der Waals surface area (Å²) in [6, 6.07) is 24.1. The van der Waals surface area contributed by atoms with Crippen molar-refractivity contribution in [2.24, 2.45) is 0 Å². The lowest BCUT2D eigenvalue weighted by Gasteiger charge is -2.21. The molecular weight excluding hydrogens is 362 g/mol. The minimum atomic E-state index is -0.199. The van der Waals surface area contributed by atoms with Crippen molar-refractivity contribution in [3.8, 4) is 11.3 Å². The molecule has 1 amide bonds. The highest BCUT2D eigenvalue weighted by Gasteiger charge is 2.22. The fraction of sp³-hybridized carbons (Fsp3) is 0.120. The Bertz CT molecular complexity index is 1230. The Balaban J connectivity index is 1.93. The SMILES string of the molecule is CCN(C(=O)c1cccc2c(=O)c(C)c(-c3ccccc3)oc12)c1ccccc1. The molecule has 4 heteroatoms. The van der Waals surface area contributed by atoms with Gasteiger partial charge in [0.25, 0.3) is 5.91 Å². The molecule has 0 saturated carbocycles. The average Bonchev–Trinajstić information content (AvgIpc) is 2.77. The first-order valence-electron chi connectivity index (χ1n) is 9.60. The maximum Gasteiger partial charge on any atom is 0.262 e. The van der Waals surface area contributed by atoms with Crippen molar-refractivity contribution in [1.29, 1.82) is 0 Å². The molecule has 4 rings (SSSR count). The maximum absolute atomic E-state index is 13.4. The van der Waals surface area contributed by atoms with E-state index in [1.165, 1.54) is 0 Å². The van der Waals surface area contributed by atoms with E-state index in [0.717, 1.165) is 11.3 Å². The first kappa shape index (κ1) is 18.7. The largest absolute Gasteiger partial charge is 0.455 e. The fourth-order valence-corrected chi connectivity index (χ4v) is 3.54. The van der Waals surface area contributed by atoms with Crippen molar-refractivity contribution >= 4 is 22.6 Å². The van der Waals surface area contributed by atoms with Crippen LogP contribution in [0.5, 0.6) is 0 Å². The molecule has 0 N–H and O–H groups in total. The summed E-state index contributed by atoms with van der Waals surface area (Å²) in [6.45, 7) is 4.18. The molecule has 3 aromatic carbocycles. The quantitative estimate of drug-likeness (QED) is 0.472. The van der Waals surface area contributed by atoms with Crippen LogP contribution >= 0.6 is 0 Å². The summed E-state index contributed by atoms with van der Waals surface area (Å²) >= 11 is 0. The predicted molar refractivity (Wildman–Crippen MR) is 116 cm³/mol. The molecule has 0 saturated heterocycles. The van der Waals surface area contributed by atoms with Gasteiger partial charge in [0.2, 0.25) is 0 Å². The lowest BCUT2D eigenvalue weighted by Crippen LogP contribution is -2.30. The van der Waals surface area contributed by atoms with E-state index in [4.69, 9.17) is 4.42 Å². The van der Waals surface area contributed by atoms with Gasteiger partial charge in [-0.1, -0.05) is 54.6 Å². The van der Waals surface area contributed by atoms with E-state index in [9.17, 15) is 9.59 Å². The fourth-order valence-electron chi connectivity index (χ4n) is 3.54. The van der Waals surface area contributed by atoms with E-state index in [2.05, 4.69) is 0 Å². The van der Waals surface area contributed by atoms with Gasteiger partial charge in [0.1, 0.15) is 5.76 Å². The van der Waals surface area contributed by atoms with Gasteiger partial charge >= 0.3 is 0 Å². The number of hydrogen-bond acceptors (Lipinski definition) is 3. The van der Waals surface area contributed by atoms with E-state index in [0.29, 0.717) is 34.4 Å². The Kier molecular flexibility index (Phi) is 5.00. The number of fused-ring (bicyclic) bond motifs is 1. The highest BCUT2D eigenvalue weighted by atomic mass is 16.3. The molecule has 4 aromatic rings. The standard InChI is InChI=1S/C25H21NO3/c1-3-26(19-13-8-5-9-14-19)25(28)21-16-10-15-20-22(27)17(2)23(29-24(20)21)18-11-6-4-7-12-18/h4-16H,3H2,1-2H3. The second-order valence-electron chi connectivity index (χ2n) is 6.82. The maximum atomic E-state index is 13.4. The first-order chi connectivity index (χ1) is 14.1. The molecule has 1 aromatic heterocycles. The van der Waals surface area contributed by atoms with Crippen LogP contribution in [0.4, 0.5) is 5.69 Å². The van der Waals surface area contributed by atoms with Crippen LogP contribution in [0, 0.1) is 6.92 Å². The molecule has 0 aliphatic carbocycles. The number of anilines is 1. The third kappa shape index (κ3) is 3.34. The van der Waals surface area contributed by atoms with E-state index >= 15 is 0 Å². The minimum absolute atomic E-state index is 0.123. The van der Waals surface area contributed by atoms with E-state index in [1.807, 2.05) is 67.6 Å². The summed E-state index contributed by atoms with van der Waals surface area (Å²) < 4.78 is 6.19. The number of carbonyl (C=O) groups is 1. The summed E-state index contributed by atoms with van der Waals surface area (Å²) in [4.78, 5) is 28.1. The summed E-state index contributed by atoms with van der Waals surface area (Å²) in [5, 5.41) is 0.414. The highest BCUT2D eigenvalue weighted by molar-refractivity contribution is 6.12. The number of hydrogen-bond donors (Lipinski definition) is 0. The minimum Gasteiger partial charge on any atom is -0.455 e. The van der Waals surface area contributed by atoms with Gasteiger partial charge < -0.3 is 9.32 Å². The second kappa shape index (κ2) is 7.76. The topological polar surface area (TPSA) is 50.5 Å². The summed E-state index contributed by atoms with van der Waals surface area (Å²) in [6.07, 6.45) is 0. The third-order valence-electron chi connectivity index (χ3n) is 5.04. The highest BCUT2D eigenvalue weighted by Crippen LogP contribution is 2.28. The van der Waals surface area contributed by atoms with Crippen LogP contribution in [0.3, 0.4) is 0 Å². The Morgan fingerprint density at radius 1 is 0.897 bits per heavy atom. The van der Waals surface area contributed by atoms with Crippen molar-refractivity contribution in [2.75, 3.05) is 11.4 Å².